The lowest BCUT2D eigenvalue weighted by atomic mass is 9.43. The standard InChI is InChI=1S/C33H59NO4/c1-5-17-27(2)18-15-13-11-9-7-6-8-10-12-14-16-19-29(35)37-26-38-30(36)34-33-22-28-20-31(3,24-33)23-32(4,21-28)25-33/h27-28H,5-26H2,1-4H3,(H,34,36). The van der Waals surface area contributed by atoms with E-state index < -0.39 is 6.09 Å². The third-order valence-corrected chi connectivity index (χ3v) is 9.76. The number of amides is 1. The van der Waals surface area contributed by atoms with Crippen molar-refractivity contribution >= 4 is 12.1 Å². The van der Waals surface area contributed by atoms with E-state index in [9.17, 15) is 9.59 Å². The summed E-state index contributed by atoms with van der Waals surface area (Å²) in [5.74, 6) is 1.35. The molecule has 0 aromatic rings. The van der Waals surface area contributed by atoms with Crippen LogP contribution in [-0.2, 0) is 14.3 Å². The minimum Gasteiger partial charge on any atom is -0.428 e. The van der Waals surface area contributed by atoms with Gasteiger partial charge in [-0.15, -0.1) is 0 Å². The Kier molecular flexibility index (Phi) is 12.3. The van der Waals surface area contributed by atoms with Crippen LogP contribution in [0.1, 0.15) is 163 Å². The van der Waals surface area contributed by atoms with Gasteiger partial charge >= 0.3 is 12.1 Å². The Bertz CT molecular complexity index is 719. The molecule has 5 nitrogen and oxygen atoms in total. The molecule has 4 saturated carbocycles. The molecule has 4 fully saturated rings. The SMILES string of the molecule is CCCC(C)CCCCCCCCCCCCCC(=O)OCOC(=O)NC12CC3CC(C)(CC(C)(C3)C1)C2. The van der Waals surface area contributed by atoms with E-state index >= 15 is 0 Å². The molecule has 0 radical (unpaired) electrons. The molecule has 4 aliphatic carbocycles. The molecule has 0 spiro atoms. The van der Waals surface area contributed by atoms with Crippen LogP contribution in [0.4, 0.5) is 4.79 Å². The first-order valence-corrected chi connectivity index (χ1v) is 16.3. The largest absolute Gasteiger partial charge is 0.428 e. The van der Waals surface area contributed by atoms with E-state index in [1.165, 1.54) is 96.3 Å². The minimum absolute atomic E-state index is 0.142. The van der Waals surface area contributed by atoms with Gasteiger partial charge in [0.25, 0.3) is 0 Å². The summed E-state index contributed by atoms with van der Waals surface area (Å²) in [5.41, 5.74) is 0.525. The van der Waals surface area contributed by atoms with Crippen molar-refractivity contribution < 1.29 is 19.1 Å². The molecule has 0 aromatic heterocycles. The molecule has 3 unspecified atom stereocenters. The van der Waals surface area contributed by atoms with Crippen molar-refractivity contribution in [3.05, 3.63) is 0 Å². The summed E-state index contributed by atoms with van der Waals surface area (Å²) in [6.45, 7) is 9.17. The summed E-state index contributed by atoms with van der Waals surface area (Å²) in [4.78, 5) is 24.5. The van der Waals surface area contributed by atoms with Crippen molar-refractivity contribution in [1.29, 1.82) is 0 Å². The summed E-state index contributed by atoms with van der Waals surface area (Å²) in [5, 5.41) is 3.20. The minimum atomic E-state index is -0.437. The van der Waals surface area contributed by atoms with Crippen molar-refractivity contribution in [2.45, 2.75) is 168 Å². The van der Waals surface area contributed by atoms with Gasteiger partial charge in [-0.2, -0.15) is 0 Å². The maximum absolute atomic E-state index is 12.5. The van der Waals surface area contributed by atoms with Crippen LogP contribution in [0.3, 0.4) is 0 Å². The van der Waals surface area contributed by atoms with Crippen molar-refractivity contribution in [2.24, 2.45) is 22.7 Å². The molecule has 4 bridgehead atoms. The third-order valence-electron chi connectivity index (χ3n) is 9.76. The van der Waals surface area contributed by atoms with Gasteiger partial charge in [-0.05, 0) is 67.6 Å². The van der Waals surface area contributed by atoms with E-state index in [0.29, 0.717) is 23.2 Å². The molecular formula is C33H59NO4. The maximum atomic E-state index is 12.5. The Morgan fingerprint density at radius 2 is 1.32 bits per heavy atom. The van der Waals surface area contributed by atoms with Crippen molar-refractivity contribution in [2.75, 3.05) is 6.79 Å². The van der Waals surface area contributed by atoms with Crippen molar-refractivity contribution in [1.82, 2.24) is 5.32 Å². The number of esters is 1. The van der Waals surface area contributed by atoms with Gasteiger partial charge in [-0.3, -0.25) is 4.79 Å². The smallest absolute Gasteiger partial charge is 0.410 e. The first-order valence-electron chi connectivity index (χ1n) is 16.3. The number of rotatable bonds is 19. The molecule has 0 aromatic carbocycles. The predicted molar refractivity (Wildman–Crippen MR) is 155 cm³/mol. The molecule has 5 heteroatoms. The number of alkyl carbamates (subject to hydrolysis) is 1. The second kappa shape index (κ2) is 14.9. The van der Waals surface area contributed by atoms with E-state index in [-0.39, 0.29) is 18.3 Å². The highest BCUT2D eigenvalue weighted by Crippen LogP contribution is 2.66. The summed E-state index contributed by atoms with van der Waals surface area (Å²) >= 11 is 0. The van der Waals surface area contributed by atoms with Gasteiger partial charge in [0.1, 0.15) is 0 Å². The van der Waals surface area contributed by atoms with Gasteiger partial charge < -0.3 is 14.8 Å². The number of ether oxygens (including phenoxy) is 2. The van der Waals surface area contributed by atoms with E-state index in [1.807, 2.05) is 0 Å². The highest BCUT2D eigenvalue weighted by molar-refractivity contribution is 5.70. The first-order chi connectivity index (χ1) is 18.1. The molecule has 3 atom stereocenters. The van der Waals surface area contributed by atoms with Crippen LogP contribution >= 0.6 is 0 Å². The van der Waals surface area contributed by atoms with E-state index in [4.69, 9.17) is 9.47 Å². The Labute approximate surface area is 233 Å². The molecule has 1 amide bonds. The van der Waals surface area contributed by atoms with Crippen molar-refractivity contribution in [3.63, 3.8) is 0 Å². The lowest BCUT2D eigenvalue weighted by Crippen LogP contribution is -2.65. The fraction of sp³-hybridized carbons (Fsp3) is 0.939. The van der Waals surface area contributed by atoms with Crippen LogP contribution in [0.5, 0.6) is 0 Å². The van der Waals surface area contributed by atoms with Gasteiger partial charge in [0.05, 0.1) is 0 Å². The van der Waals surface area contributed by atoms with E-state index in [0.717, 1.165) is 38.0 Å². The summed E-state index contributed by atoms with van der Waals surface area (Å²) in [6, 6.07) is 0. The van der Waals surface area contributed by atoms with Gasteiger partial charge in [-0.25, -0.2) is 4.79 Å². The normalized spacial score (nSPS) is 30.3. The maximum Gasteiger partial charge on any atom is 0.410 e. The molecule has 4 rings (SSSR count). The molecule has 0 heterocycles. The fourth-order valence-corrected chi connectivity index (χ4v) is 9.05. The second-order valence-electron chi connectivity index (χ2n) is 14.4. The Hall–Kier alpha value is -1.26. The number of unbranched alkanes of at least 4 members (excludes halogenated alkanes) is 10. The highest BCUT2D eigenvalue weighted by Gasteiger charge is 2.60. The zero-order valence-corrected chi connectivity index (χ0v) is 25.3. The average Bonchev–Trinajstić information content (AvgIpc) is 2.79. The highest BCUT2D eigenvalue weighted by atomic mass is 16.7. The monoisotopic (exact) mass is 533 g/mol. The topological polar surface area (TPSA) is 64.6 Å². The quantitative estimate of drug-likeness (QED) is 0.102. The molecule has 38 heavy (non-hydrogen) atoms. The van der Waals surface area contributed by atoms with Gasteiger partial charge in [0.15, 0.2) is 0 Å². The number of nitrogens with one attached hydrogen (secondary N) is 1. The van der Waals surface area contributed by atoms with Crippen molar-refractivity contribution in [3.8, 4) is 0 Å². The fourth-order valence-electron chi connectivity index (χ4n) is 9.05. The van der Waals surface area contributed by atoms with Crippen LogP contribution < -0.4 is 5.32 Å². The van der Waals surface area contributed by atoms with Crippen LogP contribution in [0.15, 0.2) is 0 Å². The molecule has 1 N–H and O–H groups in total. The molecular weight excluding hydrogens is 474 g/mol. The predicted octanol–water partition coefficient (Wildman–Crippen LogP) is 9.47. The number of carbonyl (C=O) groups excluding carboxylic acids is 2. The first kappa shape index (κ1) is 31.3. The zero-order chi connectivity index (χ0) is 27.5. The lowest BCUT2D eigenvalue weighted by Gasteiger charge is -2.65. The second-order valence-corrected chi connectivity index (χ2v) is 14.4. The average molecular weight is 534 g/mol. The van der Waals surface area contributed by atoms with Crippen LogP contribution in [-0.4, -0.2) is 24.4 Å². The molecule has 4 aliphatic rings. The van der Waals surface area contributed by atoms with Gasteiger partial charge in [0, 0.05) is 12.0 Å². The lowest BCUT2D eigenvalue weighted by molar-refractivity contribution is -0.152. The van der Waals surface area contributed by atoms with Gasteiger partial charge in [-0.1, -0.05) is 111 Å². The summed E-state index contributed by atoms with van der Waals surface area (Å²) in [7, 11) is 0. The number of hydrogen-bond acceptors (Lipinski definition) is 4. The van der Waals surface area contributed by atoms with Crippen LogP contribution in [0.2, 0.25) is 0 Å². The molecule has 0 aliphatic heterocycles. The summed E-state index contributed by atoms with van der Waals surface area (Å²) < 4.78 is 10.4. The Morgan fingerprint density at radius 1 is 0.763 bits per heavy atom. The van der Waals surface area contributed by atoms with E-state index in [1.54, 1.807) is 0 Å². The molecule has 0 saturated heterocycles. The number of hydrogen-bond donors (Lipinski definition) is 1. The zero-order valence-electron chi connectivity index (χ0n) is 25.3. The van der Waals surface area contributed by atoms with Crippen LogP contribution in [0, 0.1) is 22.7 Å². The van der Waals surface area contributed by atoms with Crippen LogP contribution in [0.25, 0.3) is 0 Å². The molecule has 220 valence electrons. The van der Waals surface area contributed by atoms with Gasteiger partial charge in [0.2, 0.25) is 6.79 Å². The Morgan fingerprint density at radius 3 is 1.87 bits per heavy atom. The Balaban J connectivity index is 1.12. The van der Waals surface area contributed by atoms with E-state index in [2.05, 4.69) is 33.0 Å². The third kappa shape index (κ3) is 10.4. The number of carbonyl (C=O) groups is 2. The summed E-state index contributed by atoms with van der Waals surface area (Å²) in [6.07, 6.45) is 25.0.